The normalized spacial score (nSPS) is 10.7. The molecule has 0 saturated carbocycles. The maximum absolute atomic E-state index is 5.98. The van der Waals surface area contributed by atoms with Crippen LogP contribution in [0.4, 0.5) is 17.6 Å². The van der Waals surface area contributed by atoms with Crippen LogP contribution in [0.5, 0.6) is 0 Å². The Balaban J connectivity index is 1.93. The van der Waals surface area contributed by atoms with Crippen molar-refractivity contribution in [2.75, 3.05) is 11.1 Å². The van der Waals surface area contributed by atoms with Gasteiger partial charge in [-0.25, -0.2) is 15.0 Å². The number of hydrogen-bond acceptors (Lipinski definition) is 6. The quantitative estimate of drug-likeness (QED) is 0.769. The van der Waals surface area contributed by atoms with Crippen LogP contribution in [0.25, 0.3) is 11.3 Å². The first kappa shape index (κ1) is 14.0. The third-order valence-corrected chi connectivity index (χ3v) is 3.25. The fourth-order valence-electron chi connectivity index (χ4n) is 2.23. The molecule has 22 heavy (non-hydrogen) atoms. The predicted molar refractivity (Wildman–Crippen MR) is 85.6 cm³/mol. The van der Waals surface area contributed by atoms with Gasteiger partial charge in [-0.3, -0.25) is 4.68 Å². The van der Waals surface area contributed by atoms with Crippen LogP contribution < -0.4 is 11.1 Å². The van der Waals surface area contributed by atoms with E-state index in [-0.39, 0.29) is 0 Å². The molecule has 0 bridgehead atoms. The van der Waals surface area contributed by atoms with E-state index >= 15 is 0 Å². The van der Waals surface area contributed by atoms with Crippen molar-refractivity contribution in [2.45, 2.75) is 13.8 Å². The molecule has 0 fully saturated rings. The number of aryl methyl sites for hydroxylation is 3. The summed E-state index contributed by atoms with van der Waals surface area (Å²) in [5.41, 5.74) is 9.55. The molecule has 0 aliphatic carbocycles. The summed E-state index contributed by atoms with van der Waals surface area (Å²) < 4.78 is 1.61. The van der Waals surface area contributed by atoms with Crippen molar-refractivity contribution in [3.63, 3.8) is 0 Å². The van der Waals surface area contributed by atoms with E-state index in [1.165, 1.54) is 0 Å². The zero-order valence-corrected chi connectivity index (χ0v) is 12.7. The second kappa shape index (κ2) is 5.44. The minimum Gasteiger partial charge on any atom is -0.383 e. The Morgan fingerprint density at radius 1 is 1.18 bits per heavy atom. The Morgan fingerprint density at radius 2 is 2.00 bits per heavy atom. The van der Waals surface area contributed by atoms with Crippen LogP contribution >= 0.6 is 0 Å². The number of aromatic nitrogens is 5. The van der Waals surface area contributed by atoms with Gasteiger partial charge in [-0.1, -0.05) is 0 Å². The summed E-state index contributed by atoms with van der Waals surface area (Å²) in [5.74, 6) is 1.75. The van der Waals surface area contributed by atoms with E-state index in [1.54, 1.807) is 30.2 Å². The molecule has 3 aromatic rings. The van der Waals surface area contributed by atoms with Gasteiger partial charge in [-0.05, 0) is 37.6 Å². The number of nitrogens with two attached hydrogens (primary N) is 1. The van der Waals surface area contributed by atoms with Crippen LogP contribution in [0.15, 0.2) is 30.6 Å². The van der Waals surface area contributed by atoms with Crippen molar-refractivity contribution in [1.82, 2.24) is 24.7 Å². The molecule has 0 aliphatic rings. The third kappa shape index (κ3) is 2.73. The van der Waals surface area contributed by atoms with Crippen molar-refractivity contribution in [3.05, 3.63) is 41.9 Å². The maximum Gasteiger partial charge on any atom is 0.228 e. The molecule has 3 aromatic heterocycles. The first-order valence-corrected chi connectivity index (χ1v) is 6.86. The molecule has 0 unspecified atom stereocenters. The van der Waals surface area contributed by atoms with Gasteiger partial charge < -0.3 is 11.1 Å². The van der Waals surface area contributed by atoms with Crippen molar-refractivity contribution in [3.8, 4) is 11.3 Å². The Bertz CT molecular complexity index is 802. The zero-order valence-electron chi connectivity index (χ0n) is 12.7. The van der Waals surface area contributed by atoms with E-state index in [0.29, 0.717) is 23.3 Å². The van der Waals surface area contributed by atoms with E-state index in [0.717, 1.165) is 16.8 Å². The number of anilines is 3. The topological polar surface area (TPSA) is 94.5 Å². The van der Waals surface area contributed by atoms with Gasteiger partial charge in [0, 0.05) is 18.9 Å². The highest BCUT2D eigenvalue weighted by atomic mass is 15.3. The second-order valence-corrected chi connectivity index (χ2v) is 5.13. The smallest absolute Gasteiger partial charge is 0.228 e. The van der Waals surface area contributed by atoms with Gasteiger partial charge in [0.2, 0.25) is 5.95 Å². The maximum atomic E-state index is 5.98. The lowest BCUT2D eigenvalue weighted by molar-refractivity contribution is 0.779. The molecule has 7 heteroatoms. The summed E-state index contributed by atoms with van der Waals surface area (Å²) in [7, 11) is 1.79. The second-order valence-electron chi connectivity index (χ2n) is 5.13. The molecule has 0 radical (unpaired) electrons. The van der Waals surface area contributed by atoms with Gasteiger partial charge in [0.25, 0.3) is 0 Å². The molecule has 7 nitrogen and oxygen atoms in total. The molecule has 0 spiro atoms. The first-order valence-electron chi connectivity index (χ1n) is 6.86. The van der Waals surface area contributed by atoms with E-state index in [4.69, 9.17) is 5.73 Å². The highest BCUT2D eigenvalue weighted by Gasteiger charge is 2.10. The average molecular weight is 295 g/mol. The summed E-state index contributed by atoms with van der Waals surface area (Å²) in [6, 6.07) is 5.76. The lowest BCUT2D eigenvalue weighted by atomic mass is 10.2. The number of pyridine rings is 1. The van der Waals surface area contributed by atoms with Crippen LogP contribution in [0, 0.1) is 13.8 Å². The highest BCUT2D eigenvalue weighted by molar-refractivity contribution is 5.71. The van der Waals surface area contributed by atoms with Gasteiger partial charge in [0.05, 0.1) is 17.5 Å². The Morgan fingerprint density at radius 3 is 2.68 bits per heavy atom. The minimum atomic E-state index is 0.471. The van der Waals surface area contributed by atoms with Crippen molar-refractivity contribution in [2.24, 2.45) is 7.05 Å². The Kier molecular flexibility index (Phi) is 3.46. The third-order valence-electron chi connectivity index (χ3n) is 3.25. The van der Waals surface area contributed by atoms with Crippen LogP contribution in [-0.2, 0) is 7.05 Å². The Hall–Kier alpha value is -2.96. The molecule has 112 valence electrons. The van der Waals surface area contributed by atoms with Crippen LogP contribution in [0.3, 0.4) is 0 Å². The molecule has 0 aromatic carbocycles. The van der Waals surface area contributed by atoms with Gasteiger partial charge in [-0.15, -0.1) is 0 Å². The highest BCUT2D eigenvalue weighted by Crippen LogP contribution is 2.24. The first-order chi connectivity index (χ1) is 10.5. The predicted octanol–water partition coefficient (Wildman–Crippen LogP) is 2.21. The molecule has 3 rings (SSSR count). The largest absolute Gasteiger partial charge is 0.383 e. The zero-order chi connectivity index (χ0) is 15.7. The molecular weight excluding hydrogens is 278 g/mol. The summed E-state index contributed by atoms with van der Waals surface area (Å²) in [6.07, 6.45) is 3.37. The van der Waals surface area contributed by atoms with E-state index < -0.39 is 0 Å². The van der Waals surface area contributed by atoms with Gasteiger partial charge >= 0.3 is 0 Å². The van der Waals surface area contributed by atoms with Gasteiger partial charge in [-0.2, -0.15) is 5.10 Å². The average Bonchev–Trinajstić information content (AvgIpc) is 2.78. The standard InChI is InChI=1S/C15H17N7/c1-9-6-10(2)19-13(7-9)21-15-17-5-4-12(20-15)11-8-18-22(3)14(11)16/h4-8H,16H2,1-3H3,(H,17,19,20,21). The van der Waals surface area contributed by atoms with Crippen LogP contribution in [0.2, 0.25) is 0 Å². The lowest BCUT2D eigenvalue weighted by Crippen LogP contribution is -2.02. The van der Waals surface area contributed by atoms with Crippen molar-refractivity contribution in [1.29, 1.82) is 0 Å². The number of nitrogen functional groups attached to an aromatic ring is 1. The summed E-state index contributed by atoms with van der Waals surface area (Å²) in [4.78, 5) is 13.1. The molecule has 3 N–H and O–H groups in total. The summed E-state index contributed by atoms with van der Waals surface area (Å²) in [6.45, 7) is 3.97. The number of rotatable bonds is 3. The number of hydrogen-bond donors (Lipinski definition) is 2. The van der Waals surface area contributed by atoms with E-state index in [1.807, 2.05) is 26.0 Å². The molecule has 0 atom stereocenters. The summed E-state index contributed by atoms with van der Waals surface area (Å²) in [5, 5.41) is 7.25. The fourth-order valence-corrected chi connectivity index (χ4v) is 2.23. The van der Waals surface area contributed by atoms with Crippen LogP contribution in [0.1, 0.15) is 11.3 Å². The fraction of sp³-hybridized carbons (Fsp3) is 0.200. The van der Waals surface area contributed by atoms with Gasteiger partial charge in [0.15, 0.2) is 0 Å². The van der Waals surface area contributed by atoms with E-state index in [2.05, 4.69) is 25.4 Å². The molecule has 3 heterocycles. The van der Waals surface area contributed by atoms with Crippen molar-refractivity contribution >= 4 is 17.6 Å². The number of nitrogens with zero attached hydrogens (tertiary/aromatic N) is 5. The van der Waals surface area contributed by atoms with Crippen molar-refractivity contribution < 1.29 is 0 Å². The summed E-state index contributed by atoms with van der Waals surface area (Å²) >= 11 is 0. The molecular formula is C15H17N7. The Labute approximate surface area is 128 Å². The monoisotopic (exact) mass is 295 g/mol. The molecule has 0 aliphatic heterocycles. The number of nitrogens with one attached hydrogen (secondary N) is 1. The van der Waals surface area contributed by atoms with E-state index in [9.17, 15) is 0 Å². The van der Waals surface area contributed by atoms with Crippen LogP contribution in [-0.4, -0.2) is 24.7 Å². The lowest BCUT2D eigenvalue weighted by Gasteiger charge is -2.07. The molecule has 0 amide bonds. The SMILES string of the molecule is Cc1cc(C)nc(Nc2nccc(-c3cnn(C)c3N)n2)c1. The van der Waals surface area contributed by atoms with Gasteiger partial charge in [0.1, 0.15) is 11.6 Å². The molecule has 0 saturated heterocycles. The minimum absolute atomic E-state index is 0.471.